The van der Waals surface area contributed by atoms with Gasteiger partial charge in [-0.2, -0.15) is 13.2 Å². The first-order valence-electron chi connectivity index (χ1n) is 14.0. The van der Waals surface area contributed by atoms with E-state index in [9.17, 15) is 27.6 Å². The zero-order valence-corrected chi connectivity index (χ0v) is 24.5. The largest absolute Gasteiger partial charge is 0.389 e. The number of nitrogens with one attached hydrogen (secondary N) is 2. The van der Waals surface area contributed by atoms with E-state index in [0.717, 1.165) is 16.8 Å². The van der Waals surface area contributed by atoms with Gasteiger partial charge in [-0.25, -0.2) is 0 Å². The summed E-state index contributed by atoms with van der Waals surface area (Å²) in [6.07, 6.45) is -4.83. The van der Waals surface area contributed by atoms with E-state index in [1.165, 1.54) is 12.5 Å². The van der Waals surface area contributed by atoms with Gasteiger partial charge in [0.05, 0.1) is 18.7 Å². The number of benzene rings is 3. The average Bonchev–Trinajstić information content (AvgIpc) is 3.08. The molecule has 1 aliphatic rings. The molecule has 1 aliphatic heterocycles. The van der Waals surface area contributed by atoms with E-state index in [0.29, 0.717) is 17.8 Å². The third-order valence-electron chi connectivity index (χ3n) is 7.13. The molecule has 0 fully saturated rings. The van der Waals surface area contributed by atoms with Gasteiger partial charge in [0.25, 0.3) is 5.91 Å². The van der Waals surface area contributed by atoms with Gasteiger partial charge in [0, 0.05) is 23.9 Å². The molecule has 3 aromatic rings. The van der Waals surface area contributed by atoms with E-state index in [2.05, 4.69) is 48.5 Å². The summed E-state index contributed by atoms with van der Waals surface area (Å²) < 4.78 is 37.2. The molecule has 2 N–H and O–H groups in total. The predicted molar refractivity (Wildman–Crippen MR) is 161 cm³/mol. The number of hydrogen-bond acceptors (Lipinski definition) is 4. The van der Waals surface area contributed by atoms with Gasteiger partial charge in [-0.15, -0.1) is 0 Å². The Balaban J connectivity index is 1.52. The number of nitrogens with zero attached hydrogens (tertiary/aromatic N) is 2. The lowest BCUT2D eigenvalue weighted by Crippen LogP contribution is -2.41. The second kappa shape index (κ2) is 12.8. The molecule has 7 nitrogen and oxygen atoms in total. The third kappa shape index (κ3) is 8.30. The van der Waals surface area contributed by atoms with Crippen molar-refractivity contribution >= 4 is 35.3 Å². The fraction of sp³-hybridized carbons (Fsp3) is 0.333. The number of rotatable bonds is 8. The lowest BCUT2D eigenvalue weighted by Gasteiger charge is -2.26. The molecule has 0 spiro atoms. The Morgan fingerprint density at radius 3 is 2.35 bits per heavy atom. The topological polar surface area (TPSA) is 90.9 Å². The van der Waals surface area contributed by atoms with Crippen molar-refractivity contribution in [2.45, 2.75) is 70.8 Å². The molecule has 0 aliphatic carbocycles. The van der Waals surface area contributed by atoms with Gasteiger partial charge in [-0.1, -0.05) is 75.4 Å². The van der Waals surface area contributed by atoms with E-state index in [-0.39, 0.29) is 11.3 Å². The molecule has 0 radical (unpaired) electrons. The maximum absolute atomic E-state index is 14.0. The van der Waals surface area contributed by atoms with Crippen LogP contribution in [0.4, 0.5) is 24.5 Å². The van der Waals surface area contributed by atoms with E-state index >= 15 is 0 Å². The molecule has 3 amide bonds. The van der Waals surface area contributed by atoms with Gasteiger partial charge in [0.15, 0.2) is 6.04 Å². The van der Waals surface area contributed by atoms with Crippen molar-refractivity contribution in [3.63, 3.8) is 0 Å². The molecule has 226 valence electrons. The van der Waals surface area contributed by atoms with Crippen molar-refractivity contribution < 1.29 is 27.6 Å². The molecule has 0 saturated heterocycles. The summed E-state index contributed by atoms with van der Waals surface area (Å²) in [5.41, 5.74) is 4.58. The Hall–Kier alpha value is -4.47. The second-order valence-electron chi connectivity index (χ2n) is 11.6. The Morgan fingerprint density at radius 1 is 0.977 bits per heavy atom. The lowest BCUT2D eigenvalue weighted by atomic mass is 9.86. The number of anilines is 2. The molecule has 0 aromatic heterocycles. The van der Waals surface area contributed by atoms with Crippen LogP contribution in [0.5, 0.6) is 0 Å². The van der Waals surface area contributed by atoms with E-state index in [1.54, 1.807) is 35.4 Å². The minimum absolute atomic E-state index is 0.000574. The van der Waals surface area contributed by atoms with Gasteiger partial charge >= 0.3 is 6.18 Å². The van der Waals surface area contributed by atoms with E-state index in [4.69, 9.17) is 0 Å². The van der Waals surface area contributed by atoms with Gasteiger partial charge in [-0.3, -0.25) is 19.4 Å². The van der Waals surface area contributed by atoms with Gasteiger partial charge in [0.2, 0.25) is 11.8 Å². The number of alkyl halides is 3. The van der Waals surface area contributed by atoms with Gasteiger partial charge < -0.3 is 15.5 Å². The fourth-order valence-electron chi connectivity index (χ4n) is 4.68. The Kier molecular flexibility index (Phi) is 9.37. The first-order chi connectivity index (χ1) is 20.2. The van der Waals surface area contributed by atoms with Crippen molar-refractivity contribution in [3.8, 4) is 0 Å². The highest BCUT2D eigenvalue weighted by molar-refractivity contribution is 6.05. The highest BCUT2D eigenvalue weighted by Gasteiger charge is 2.31. The quantitative estimate of drug-likeness (QED) is 0.314. The summed E-state index contributed by atoms with van der Waals surface area (Å²) in [4.78, 5) is 44.9. The van der Waals surface area contributed by atoms with Crippen LogP contribution in [0.3, 0.4) is 0 Å². The molecule has 0 bridgehead atoms. The fourth-order valence-corrected chi connectivity index (χ4v) is 4.68. The third-order valence-corrected chi connectivity index (χ3v) is 7.13. The number of fused-ring (bicyclic) bond motifs is 1. The molecule has 0 saturated carbocycles. The standard InChI is InChI=1S/C33H35F3N4O3/c1-21(38-28(41)16-17-33(34,35)36)30(42)39-26-10-7-9-23(18-26)29-31(43)40(27-11-6-5-8-24(27)19-37-29)20-22-12-14-25(15-13-22)32(2,3)4/h5-15,18-19,21,29H,16-17,20H2,1-4H3,(H,38,41)(H,39,42)/t21-,29?/m0/s1. The van der Waals surface area contributed by atoms with Crippen molar-refractivity contribution in [2.75, 3.05) is 10.2 Å². The smallest absolute Gasteiger partial charge is 0.345 e. The summed E-state index contributed by atoms with van der Waals surface area (Å²) in [7, 11) is 0. The zero-order valence-electron chi connectivity index (χ0n) is 24.5. The van der Waals surface area contributed by atoms with Gasteiger partial charge in [0.1, 0.15) is 6.04 Å². The number of amides is 3. The monoisotopic (exact) mass is 592 g/mol. The van der Waals surface area contributed by atoms with Crippen LogP contribution in [0, 0.1) is 0 Å². The SMILES string of the molecule is C[C@H](NC(=O)CCC(F)(F)F)C(=O)Nc1cccc(C2N=Cc3ccccc3N(Cc3ccc(C(C)(C)C)cc3)C2=O)c1. The molecule has 10 heteroatoms. The summed E-state index contributed by atoms with van der Waals surface area (Å²) >= 11 is 0. The maximum Gasteiger partial charge on any atom is 0.389 e. The zero-order chi connectivity index (χ0) is 31.4. The Bertz CT molecular complexity index is 1510. The van der Waals surface area contributed by atoms with Crippen LogP contribution in [0.1, 0.15) is 68.8 Å². The van der Waals surface area contributed by atoms with Crippen molar-refractivity contribution in [3.05, 3.63) is 95.1 Å². The van der Waals surface area contributed by atoms with Crippen LogP contribution in [0.15, 0.2) is 77.8 Å². The van der Waals surface area contributed by atoms with Crippen molar-refractivity contribution in [1.29, 1.82) is 0 Å². The number of para-hydroxylation sites is 1. The molecular weight excluding hydrogens is 557 g/mol. The minimum atomic E-state index is -4.46. The van der Waals surface area contributed by atoms with Crippen LogP contribution < -0.4 is 15.5 Å². The number of halogens is 3. The van der Waals surface area contributed by atoms with Gasteiger partial charge in [-0.05, 0) is 47.2 Å². The van der Waals surface area contributed by atoms with Crippen molar-refractivity contribution in [1.82, 2.24) is 5.32 Å². The molecule has 43 heavy (non-hydrogen) atoms. The highest BCUT2D eigenvalue weighted by Crippen LogP contribution is 2.32. The normalized spacial score (nSPS) is 15.8. The summed E-state index contributed by atoms with van der Waals surface area (Å²) in [6.45, 7) is 8.15. The summed E-state index contributed by atoms with van der Waals surface area (Å²) in [5.74, 6) is -1.73. The molecule has 4 rings (SSSR count). The predicted octanol–water partition coefficient (Wildman–Crippen LogP) is 6.48. The highest BCUT2D eigenvalue weighted by atomic mass is 19.4. The Morgan fingerprint density at radius 2 is 1.67 bits per heavy atom. The number of carbonyl (C=O) groups excluding carboxylic acids is 3. The summed E-state index contributed by atoms with van der Waals surface area (Å²) in [6, 6.07) is 20.4. The number of hydrogen-bond donors (Lipinski definition) is 2. The van der Waals surface area contributed by atoms with Crippen molar-refractivity contribution in [2.24, 2.45) is 4.99 Å². The first-order valence-corrected chi connectivity index (χ1v) is 14.0. The maximum atomic E-state index is 14.0. The minimum Gasteiger partial charge on any atom is -0.345 e. The van der Waals surface area contributed by atoms with Crippen LogP contribution in [0.25, 0.3) is 0 Å². The molecule has 2 atom stereocenters. The van der Waals surface area contributed by atoms with Crippen LogP contribution in [-0.4, -0.2) is 36.2 Å². The molecule has 3 aromatic carbocycles. The lowest BCUT2D eigenvalue weighted by molar-refractivity contribution is -0.144. The second-order valence-corrected chi connectivity index (χ2v) is 11.6. The number of aliphatic imine (C=N–C) groups is 1. The van der Waals surface area contributed by atoms with E-state index in [1.807, 2.05) is 36.4 Å². The molecular formula is C33H35F3N4O3. The number of benzodiazepines with no additional fused rings is 1. The van der Waals surface area contributed by atoms with Crippen LogP contribution >= 0.6 is 0 Å². The summed E-state index contributed by atoms with van der Waals surface area (Å²) in [5, 5.41) is 4.94. The van der Waals surface area contributed by atoms with Crippen LogP contribution in [-0.2, 0) is 26.3 Å². The van der Waals surface area contributed by atoms with Crippen LogP contribution in [0.2, 0.25) is 0 Å². The number of carbonyl (C=O) groups is 3. The molecule has 1 heterocycles. The van der Waals surface area contributed by atoms with E-state index < -0.39 is 42.9 Å². The first kappa shape index (κ1) is 31.5. The molecule has 1 unspecified atom stereocenters. The average molecular weight is 593 g/mol. The Labute approximate surface area is 249 Å².